The van der Waals surface area contributed by atoms with Crippen LogP contribution in [0.4, 0.5) is 0 Å². The van der Waals surface area contributed by atoms with Crippen molar-refractivity contribution in [3.05, 3.63) is 12.2 Å². The van der Waals surface area contributed by atoms with Crippen molar-refractivity contribution in [3.8, 4) is 0 Å². The van der Waals surface area contributed by atoms with Gasteiger partial charge in [-0.3, -0.25) is 14.5 Å². The average Bonchev–Trinajstić information content (AvgIpc) is 2.54. The van der Waals surface area contributed by atoms with Crippen LogP contribution in [0.25, 0.3) is 0 Å². The number of rotatable bonds is 5. The van der Waals surface area contributed by atoms with Crippen LogP contribution in [0.2, 0.25) is 0 Å². The molecular weight excluding hydrogens is 268 g/mol. The van der Waals surface area contributed by atoms with Gasteiger partial charge in [-0.1, -0.05) is 12.2 Å². The summed E-state index contributed by atoms with van der Waals surface area (Å²) in [4.78, 5) is 25.8. The summed E-state index contributed by atoms with van der Waals surface area (Å²) in [5, 5.41) is 2.69. The van der Waals surface area contributed by atoms with Gasteiger partial charge in [0.1, 0.15) is 6.54 Å². The second kappa shape index (κ2) is 8.17. The van der Waals surface area contributed by atoms with Gasteiger partial charge in [0.05, 0.1) is 6.61 Å². The van der Waals surface area contributed by atoms with E-state index in [0.717, 1.165) is 25.9 Å². The monoisotopic (exact) mass is 294 g/mol. The third-order valence-electron chi connectivity index (χ3n) is 4.31. The van der Waals surface area contributed by atoms with Gasteiger partial charge in [-0.2, -0.15) is 0 Å². The van der Waals surface area contributed by atoms with E-state index in [4.69, 9.17) is 4.74 Å². The van der Waals surface area contributed by atoms with Crippen LogP contribution in [0.1, 0.15) is 39.0 Å². The van der Waals surface area contributed by atoms with Gasteiger partial charge in [0.25, 0.3) is 0 Å². The van der Waals surface area contributed by atoms with Crippen LogP contribution < -0.4 is 5.32 Å². The Labute approximate surface area is 126 Å². The Morgan fingerprint density at radius 1 is 1.29 bits per heavy atom. The Morgan fingerprint density at radius 3 is 2.67 bits per heavy atom. The molecule has 0 bridgehead atoms. The number of nitrogens with one attached hydrogen (secondary N) is 1. The Hall–Kier alpha value is -1.36. The first-order chi connectivity index (χ1) is 10.2. The number of hydrogen-bond acceptors (Lipinski definition) is 4. The largest absolute Gasteiger partial charge is 0.465 e. The van der Waals surface area contributed by atoms with E-state index in [0.29, 0.717) is 12.6 Å². The molecule has 1 saturated heterocycles. The molecule has 21 heavy (non-hydrogen) atoms. The predicted molar refractivity (Wildman–Crippen MR) is 80.7 cm³/mol. The fourth-order valence-electron chi connectivity index (χ4n) is 3.11. The second-order valence-electron chi connectivity index (χ2n) is 5.76. The first-order valence-corrected chi connectivity index (χ1v) is 8.04. The Morgan fingerprint density at radius 2 is 2.05 bits per heavy atom. The SMILES string of the molecule is CCOC(=O)CNC(=O)C1CCN([C@@H]2C=CCCC2)CC1. The molecule has 2 aliphatic rings. The van der Waals surface area contributed by atoms with E-state index in [1.54, 1.807) is 6.92 Å². The number of amides is 1. The van der Waals surface area contributed by atoms with Crippen molar-refractivity contribution in [1.29, 1.82) is 0 Å². The van der Waals surface area contributed by atoms with Gasteiger partial charge in [0, 0.05) is 12.0 Å². The van der Waals surface area contributed by atoms with Gasteiger partial charge >= 0.3 is 5.97 Å². The molecule has 0 spiro atoms. The third kappa shape index (κ3) is 4.84. The van der Waals surface area contributed by atoms with Gasteiger partial charge in [-0.15, -0.1) is 0 Å². The number of carbonyl (C=O) groups is 2. The number of likely N-dealkylation sites (tertiary alicyclic amines) is 1. The summed E-state index contributed by atoms with van der Waals surface area (Å²) in [7, 11) is 0. The lowest BCUT2D eigenvalue weighted by Crippen LogP contribution is -2.45. The normalized spacial score (nSPS) is 23.8. The lowest BCUT2D eigenvalue weighted by Gasteiger charge is -2.36. The molecule has 1 atom stereocenters. The van der Waals surface area contributed by atoms with Crippen molar-refractivity contribution in [2.45, 2.75) is 45.1 Å². The predicted octanol–water partition coefficient (Wildman–Crippen LogP) is 1.49. The number of esters is 1. The molecule has 5 heteroatoms. The molecule has 1 aliphatic heterocycles. The topological polar surface area (TPSA) is 58.6 Å². The minimum Gasteiger partial charge on any atom is -0.465 e. The molecule has 0 aromatic rings. The number of nitrogens with zero attached hydrogens (tertiary/aromatic N) is 1. The minimum atomic E-state index is -0.365. The molecule has 1 aliphatic carbocycles. The van der Waals surface area contributed by atoms with E-state index in [1.807, 2.05) is 0 Å². The molecule has 118 valence electrons. The Bertz CT molecular complexity index is 387. The maximum atomic E-state index is 12.0. The summed E-state index contributed by atoms with van der Waals surface area (Å²) >= 11 is 0. The fraction of sp³-hybridized carbons (Fsp3) is 0.750. The van der Waals surface area contributed by atoms with E-state index >= 15 is 0 Å². The summed E-state index contributed by atoms with van der Waals surface area (Å²) in [5.74, 6) is -0.347. The maximum Gasteiger partial charge on any atom is 0.325 e. The first-order valence-electron chi connectivity index (χ1n) is 8.04. The van der Waals surface area contributed by atoms with Gasteiger partial charge in [0.2, 0.25) is 5.91 Å². The number of piperidine rings is 1. The fourth-order valence-corrected chi connectivity index (χ4v) is 3.11. The molecule has 5 nitrogen and oxygen atoms in total. The van der Waals surface area contributed by atoms with E-state index in [2.05, 4.69) is 22.4 Å². The molecule has 0 radical (unpaired) electrons. The number of hydrogen-bond donors (Lipinski definition) is 1. The van der Waals surface area contributed by atoms with Crippen molar-refractivity contribution >= 4 is 11.9 Å². The molecule has 0 unspecified atom stereocenters. The van der Waals surface area contributed by atoms with Crippen LogP contribution in [0.15, 0.2) is 12.2 Å². The van der Waals surface area contributed by atoms with Crippen molar-refractivity contribution in [1.82, 2.24) is 10.2 Å². The van der Waals surface area contributed by atoms with Crippen LogP contribution in [-0.4, -0.2) is 49.1 Å². The third-order valence-corrected chi connectivity index (χ3v) is 4.31. The lowest BCUT2D eigenvalue weighted by molar-refractivity contribution is -0.144. The van der Waals surface area contributed by atoms with Crippen molar-refractivity contribution < 1.29 is 14.3 Å². The highest BCUT2D eigenvalue weighted by Gasteiger charge is 2.28. The van der Waals surface area contributed by atoms with Crippen molar-refractivity contribution in [2.75, 3.05) is 26.2 Å². The van der Waals surface area contributed by atoms with Crippen LogP contribution >= 0.6 is 0 Å². The van der Waals surface area contributed by atoms with Gasteiger partial charge in [0.15, 0.2) is 0 Å². The van der Waals surface area contributed by atoms with E-state index in [-0.39, 0.29) is 24.3 Å². The molecule has 0 aromatic carbocycles. The highest BCUT2D eigenvalue weighted by molar-refractivity contribution is 5.83. The molecule has 2 rings (SSSR count). The molecule has 1 amide bonds. The molecule has 0 saturated carbocycles. The number of allylic oxidation sites excluding steroid dienone is 1. The smallest absolute Gasteiger partial charge is 0.325 e. The van der Waals surface area contributed by atoms with Crippen LogP contribution in [0, 0.1) is 5.92 Å². The van der Waals surface area contributed by atoms with E-state index in [1.165, 1.54) is 19.3 Å². The summed E-state index contributed by atoms with van der Waals surface area (Å²) < 4.78 is 4.81. The van der Waals surface area contributed by atoms with Gasteiger partial charge in [-0.25, -0.2) is 0 Å². The zero-order chi connectivity index (χ0) is 15.1. The second-order valence-corrected chi connectivity index (χ2v) is 5.76. The standard InChI is InChI=1S/C16H26N2O3/c1-2-21-15(19)12-17-16(20)13-8-10-18(11-9-13)14-6-4-3-5-7-14/h4,6,13-14H,2-3,5,7-12H2,1H3,(H,17,20)/t14-/m1/s1. The minimum absolute atomic E-state index is 0.0121. The molecular formula is C16H26N2O3. The molecule has 1 heterocycles. The summed E-state index contributed by atoms with van der Waals surface area (Å²) in [5.41, 5.74) is 0. The van der Waals surface area contributed by atoms with Crippen LogP contribution in [-0.2, 0) is 14.3 Å². The van der Waals surface area contributed by atoms with E-state index in [9.17, 15) is 9.59 Å². The summed E-state index contributed by atoms with van der Waals surface area (Å²) in [6.07, 6.45) is 10.0. The first kappa shape index (κ1) is 16.0. The van der Waals surface area contributed by atoms with Crippen LogP contribution in [0.3, 0.4) is 0 Å². The molecule has 0 aromatic heterocycles. The van der Waals surface area contributed by atoms with Crippen LogP contribution in [0.5, 0.6) is 0 Å². The lowest BCUT2D eigenvalue weighted by atomic mass is 9.92. The maximum absolute atomic E-state index is 12.0. The summed E-state index contributed by atoms with van der Waals surface area (Å²) in [6.45, 7) is 4.02. The molecule has 1 fully saturated rings. The number of carbonyl (C=O) groups excluding carboxylic acids is 2. The Kier molecular flexibility index (Phi) is 6.23. The van der Waals surface area contributed by atoms with Gasteiger partial charge < -0.3 is 10.1 Å². The quantitative estimate of drug-likeness (QED) is 0.616. The molecule has 1 N–H and O–H groups in total. The average molecular weight is 294 g/mol. The van der Waals surface area contributed by atoms with E-state index < -0.39 is 0 Å². The van der Waals surface area contributed by atoms with Gasteiger partial charge in [-0.05, 0) is 52.1 Å². The highest BCUT2D eigenvalue weighted by atomic mass is 16.5. The Balaban J connectivity index is 1.70. The highest BCUT2D eigenvalue weighted by Crippen LogP contribution is 2.23. The summed E-state index contributed by atoms with van der Waals surface area (Å²) in [6, 6.07) is 0.558. The number of ether oxygens (including phenoxy) is 1. The van der Waals surface area contributed by atoms with Crippen molar-refractivity contribution in [3.63, 3.8) is 0 Å². The zero-order valence-corrected chi connectivity index (χ0v) is 12.8. The zero-order valence-electron chi connectivity index (χ0n) is 12.8. The van der Waals surface area contributed by atoms with Crippen molar-refractivity contribution in [2.24, 2.45) is 5.92 Å².